The van der Waals surface area contributed by atoms with Gasteiger partial charge in [0, 0.05) is 13.0 Å². The second kappa shape index (κ2) is 9.17. The molecular weight excluding hydrogens is 262 g/mol. The zero-order valence-electron chi connectivity index (χ0n) is 12.3. The Balaban J connectivity index is 4.43. The van der Waals surface area contributed by atoms with Crippen LogP contribution in [0.15, 0.2) is 0 Å². The monoisotopic (exact) mass is 287 g/mol. The minimum atomic E-state index is -0.889. The normalized spacial score (nSPS) is 13.6. The van der Waals surface area contributed by atoms with Crippen molar-refractivity contribution in [2.75, 3.05) is 6.54 Å². The van der Waals surface area contributed by atoms with Gasteiger partial charge < -0.3 is 21.5 Å². The first-order chi connectivity index (χ1) is 9.26. The molecule has 5 N–H and O–H groups in total. The summed E-state index contributed by atoms with van der Waals surface area (Å²) >= 11 is 0. The molecule has 7 heteroatoms. The minimum Gasteiger partial charge on any atom is -0.481 e. The number of nitrogens with two attached hydrogens (primary N) is 1. The van der Waals surface area contributed by atoms with Gasteiger partial charge in [0.25, 0.3) is 0 Å². The lowest BCUT2D eigenvalue weighted by molar-refractivity contribution is -0.138. The number of nitrogens with one attached hydrogen (secondary N) is 2. The van der Waals surface area contributed by atoms with Crippen LogP contribution in [0.5, 0.6) is 0 Å². The molecule has 116 valence electrons. The smallest absolute Gasteiger partial charge is 0.312 e. The molecule has 0 aliphatic heterocycles. The molecule has 2 unspecified atom stereocenters. The van der Waals surface area contributed by atoms with Crippen molar-refractivity contribution in [1.82, 2.24) is 10.6 Å². The van der Waals surface area contributed by atoms with Gasteiger partial charge in [0.1, 0.15) is 6.04 Å². The number of carbonyl (C=O) groups is 3. The fraction of sp³-hybridized carbons (Fsp3) is 0.769. The van der Waals surface area contributed by atoms with Crippen molar-refractivity contribution in [2.45, 2.75) is 46.1 Å². The molecular formula is C13H25N3O4. The van der Waals surface area contributed by atoms with Crippen LogP contribution in [0.2, 0.25) is 0 Å². The van der Waals surface area contributed by atoms with Crippen LogP contribution in [-0.2, 0) is 9.59 Å². The average molecular weight is 287 g/mol. The van der Waals surface area contributed by atoms with Crippen LogP contribution in [0, 0.1) is 11.8 Å². The lowest BCUT2D eigenvalue weighted by Crippen LogP contribution is -2.50. The molecule has 7 nitrogen and oxygen atoms in total. The number of hydrogen-bond donors (Lipinski definition) is 4. The maximum Gasteiger partial charge on any atom is 0.312 e. The number of carboxylic acids is 1. The van der Waals surface area contributed by atoms with Crippen LogP contribution in [0.1, 0.15) is 40.0 Å². The van der Waals surface area contributed by atoms with Crippen LogP contribution in [-0.4, -0.2) is 35.6 Å². The third-order valence-electron chi connectivity index (χ3n) is 2.95. The van der Waals surface area contributed by atoms with Gasteiger partial charge in [-0.25, -0.2) is 4.79 Å². The number of urea groups is 1. The summed E-state index contributed by atoms with van der Waals surface area (Å²) in [4.78, 5) is 33.5. The summed E-state index contributed by atoms with van der Waals surface area (Å²) in [6.45, 7) is 6.01. The van der Waals surface area contributed by atoms with E-state index < -0.39 is 18.0 Å². The van der Waals surface area contributed by atoms with Crippen molar-refractivity contribution >= 4 is 17.9 Å². The van der Waals surface area contributed by atoms with E-state index >= 15 is 0 Å². The van der Waals surface area contributed by atoms with Crippen LogP contribution in [0.4, 0.5) is 4.79 Å². The van der Waals surface area contributed by atoms with Crippen LogP contribution < -0.4 is 16.4 Å². The fourth-order valence-corrected chi connectivity index (χ4v) is 1.85. The first kappa shape index (κ1) is 18.2. The summed E-state index contributed by atoms with van der Waals surface area (Å²) in [6.07, 6.45) is 1.14. The molecule has 0 spiro atoms. The Morgan fingerprint density at radius 1 is 1.25 bits per heavy atom. The van der Waals surface area contributed by atoms with Gasteiger partial charge in [0.05, 0.1) is 0 Å². The lowest BCUT2D eigenvalue weighted by atomic mass is 10.0. The Labute approximate surface area is 119 Å². The third kappa shape index (κ3) is 8.34. The average Bonchev–Trinajstić information content (AvgIpc) is 2.31. The Hall–Kier alpha value is -1.79. The minimum absolute atomic E-state index is 0.00880. The highest BCUT2D eigenvalue weighted by atomic mass is 16.4. The zero-order valence-corrected chi connectivity index (χ0v) is 12.3. The molecule has 0 aliphatic carbocycles. The molecule has 0 rings (SSSR count). The van der Waals surface area contributed by atoms with E-state index in [1.54, 1.807) is 0 Å². The SMILES string of the molecule is CCC(CNC(=O)C(CC(C)C)NC(N)=O)CC(=O)O. The van der Waals surface area contributed by atoms with Gasteiger partial charge >= 0.3 is 12.0 Å². The Bertz CT molecular complexity index is 345. The second-order valence-electron chi connectivity index (χ2n) is 5.31. The van der Waals surface area contributed by atoms with Gasteiger partial charge in [-0.3, -0.25) is 9.59 Å². The molecule has 0 saturated heterocycles. The van der Waals surface area contributed by atoms with Crippen molar-refractivity contribution in [1.29, 1.82) is 0 Å². The molecule has 3 amide bonds. The molecule has 0 heterocycles. The largest absolute Gasteiger partial charge is 0.481 e. The van der Waals surface area contributed by atoms with Crippen LogP contribution >= 0.6 is 0 Å². The molecule has 0 fully saturated rings. The molecule has 0 aliphatic rings. The molecule has 0 aromatic heterocycles. The van der Waals surface area contributed by atoms with E-state index in [9.17, 15) is 14.4 Å². The topological polar surface area (TPSA) is 122 Å². The van der Waals surface area contributed by atoms with Gasteiger partial charge in [0.15, 0.2) is 0 Å². The van der Waals surface area contributed by atoms with Crippen molar-refractivity contribution < 1.29 is 19.5 Å². The van der Waals surface area contributed by atoms with E-state index in [4.69, 9.17) is 10.8 Å². The number of amides is 3. The first-order valence-corrected chi connectivity index (χ1v) is 6.81. The maximum absolute atomic E-state index is 12.0. The van der Waals surface area contributed by atoms with E-state index in [2.05, 4.69) is 10.6 Å². The summed E-state index contributed by atoms with van der Waals surface area (Å²) in [5.41, 5.74) is 5.05. The van der Waals surface area contributed by atoms with E-state index in [0.29, 0.717) is 12.8 Å². The van der Waals surface area contributed by atoms with Crippen molar-refractivity contribution in [3.8, 4) is 0 Å². The van der Waals surface area contributed by atoms with E-state index in [1.165, 1.54) is 0 Å². The van der Waals surface area contributed by atoms with Crippen molar-refractivity contribution in [2.24, 2.45) is 17.6 Å². The van der Waals surface area contributed by atoms with Gasteiger partial charge in [0.2, 0.25) is 5.91 Å². The number of aliphatic carboxylic acids is 1. The molecule has 0 bridgehead atoms. The third-order valence-corrected chi connectivity index (χ3v) is 2.95. The van der Waals surface area contributed by atoms with Gasteiger partial charge in [-0.05, 0) is 18.3 Å². The van der Waals surface area contributed by atoms with E-state index in [1.807, 2.05) is 20.8 Å². The molecule has 20 heavy (non-hydrogen) atoms. The fourth-order valence-electron chi connectivity index (χ4n) is 1.85. The van der Waals surface area contributed by atoms with Crippen LogP contribution in [0.3, 0.4) is 0 Å². The van der Waals surface area contributed by atoms with Gasteiger partial charge in [-0.15, -0.1) is 0 Å². The number of carbonyl (C=O) groups excluding carboxylic acids is 2. The second-order valence-corrected chi connectivity index (χ2v) is 5.31. The number of rotatable bonds is 9. The number of carboxylic acid groups (broad SMARTS) is 1. The van der Waals surface area contributed by atoms with E-state index in [-0.39, 0.29) is 30.7 Å². The van der Waals surface area contributed by atoms with Crippen LogP contribution in [0.25, 0.3) is 0 Å². The zero-order chi connectivity index (χ0) is 15.7. The van der Waals surface area contributed by atoms with Gasteiger partial charge in [-0.1, -0.05) is 27.2 Å². The molecule has 0 saturated carbocycles. The highest BCUT2D eigenvalue weighted by Crippen LogP contribution is 2.08. The molecule has 0 aromatic carbocycles. The maximum atomic E-state index is 12.0. The Morgan fingerprint density at radius 2 is 1.85 bits per heavy atom. The Kier molecular flexibility index (Phi) is 8.35. The summed E-state index contributed by atoms with van der Waals surface area (Å²) < 4.78 is 0. The predicted molar refractivity (Wildman–Crippen MR) is 75.0 cm³/mol. The van der Waals surface area contributed by atoms with E-state index in [0.717, 1.165) is 0 Å². The van der Waals surface area contributed by atoms with Gasteiger partial charge in [-0.2, -0.15) is 0 Å². The highest BCUT2D eigenvalue weighted by Gasteiger charge is 2.22. The van der Waals surface area contributed by atoms with Crippen molar-refractivity contribution in [3.05, 3.63) is 0 Å². The van der Waals surface area contributed by atoms with Crippen molar-refractivity contribution in [3.63, 3.8) is 0 Å². The molecule has 0 aromatic rings. The quantitative estimate of drug-likeness (QED) is 0.498. The molecule has 0 radical (unpaired) electrons. The highest BCUT2D eigenvalue weighted by molar-refractivity contribution is 5.86. The summed E-state index contributed by atoms with van der Waals surface area (Å²) in [6, 6.07) is -1.43. The predicted octanol–water partition coefficient (Wildman–Crippen LogP) is 0.687. The lowest BCUT2D eigenvalue weighted by Gasteiger charge is -2.20. The summed E-state index contributed by atoms with van der Waals surface area (Å²) in [7, 11) is 0. The Morgan fingerprint density at radius 3 is 2.25 bits per heavy atom. The first-order valence-electron chi connectivity index (χ1n) is 6.81. The summed E-state index contributed by atoms with van der Waals surface area (Å²) in [5.74, 6) is -1.12. The number of primary amides is 1. The summed E-state index contributed by atoms with van der Waals surface area (Å²) in [5, 5.41) is 13.8. The molecule has 2 atom stereocenters. The number of hydrogen-bond acceptors (Lipinski definition) is 3. The standard InChI is InChI=1S/C13H25N3O4/c1-4-9(6-11(17)18)7-15-12(19)10(5-8(2)3)16-13(14)20/h8-10H,4-7H2,1-3H3,(H,15,19)(H,17,18)(H3,14,16,20).